The Morgan fingerprint density at radius 3 is 2.52 bits per heavy atom. The molecule has 8 nitrogen and oxygen atoms in total. The molecule has 1 saturated heterocycles. The molecule has 0 radical (unpaired) electrons. The largest absolute Gasteiger partial charge is 0.352 e. The Morgan fingerprint density at radius 1 is 1.22 bits per heavy atom. The average molecular weight is 392 g/mol. The molecule has 0 bridgehead atoms. The maximum Gasteiger partial charge on any atom is 0.252 e. The maximum absolute atomic E-state index is 12.8. The Morgan fingerprint density at radius 2 is 1.93 bits per heavy atom. The summed E-state index contributed by atoms with van der Waals surface area (Å²) >= 11 is 0. The van der Waals surface area contributed by atoms with Crippen molar-refractivity contribution in [3.63, 3.8) is 0 Å². The summed E-state index contributed by atoms with van der Waals surface area (Å²) < 4.78 is 26.9. The van der Waals surface area contributed by atoms with Gasteiger partial charge in [-0.15, -0.1) is 0 Å². The van der Waals surface area contributed by atoms with Gasteiger partial charge in [-0.1, -0.05) is 13.8 Å². The van der Waals surface area contributed by atoms with E-state index in [9.17, 15) is 18.0 Å². The monoisotopic (exact) mass is 392 g/mol. The first-order valence-corrected chi connectivity index (χ1v) is 10.5. The highest BCUT2D eigenvalue weighted by Crippen LogP contribution is 2.23. The number of aromatic amines is 1. The van der Waals surface area contributed by atoms with E-state index in [0.717, 1.165) is 13.1 Å². The average Bonchev–Trinajstić information content (AvgIpc) is 2.59. The highest BCUT2D eigenvalue weighted by molar-refractivity contribution is 7.89. The molecule has 0 atom stereocenters. The van der Waals surface area contributed by atoms with Gasteiger partial charge in [0, 0.05) is 55.6 Å². The number of rotatable bonds is 7. The quantitative estimate of drug-likeness (QED) is 0.636. The van der Waals surface area contributed by atoms with E-state index in [4.69, 9.17) is 0 Å². The van der Waals surface area contributed by atoms with E-state index in [1.54, 1.807) is 13.8 Å². The second kappa shape index (κ2) is 7.79. The predicted molar refractivity (Wildman–Crippen MR) is 103 cm³/mol. The number of aromatic nitrogens is 1. The minimum Gasteiger partial charge on any atom is -0.352 e. The van der Waals surface area contributed by atoms with Crippen molar-refractivity contribution in [2.24, 2.45) is 5.92 Å². The number of fused-ring (bicyclic) bond motifs is 1. The molecule has 1 fully saturated rings. The van der Waals surface area contributed by atoms with Gasteiger partial charge in [-0.25, -0.2) is 8.42 Å². The van der Waals surface area contributed by atoms with Gasteiger partial charge in [0.15, 0.2) is 0 Å². The molecule has 1 amide bonds. The lowest BCUT2D eigenvalue weighted by atomic mass is 10.0. The molecule has 0 saturated carbocycles. The number of nitrogens with zero attached hydrogens (tertiary/aromatic N) is 1. The van der Waals surface area contributed by atoms with Crippen LogP contribution in [-0.4, -0.2) is 56.3 Å². The van der Waals surface area contributed by atoms with E-state index in [-0.39, 0.29) is 16.4 Å². The first-order chi connectivity index (χ1) is 12.9. The second-order valence-electron chi connectivity index (χ2n) is 6.58. The van der Waals surface area contributed by atoms with Crippen molar-refractivity contribution in [3.05, 3.63) is 40.2 Å². The third-order valence-electron chi connectivity index (χ3n) is 4.82. The molecule has 1 aromatic carbocycles. The highest BCUT2D eigenvalue weighted by atomic mass is 32.2. The normalized spacial score (nSPS) is 15.1. The van der Waals surface area contributed by atoms with Gasteiger partial charge in [0.05, 0.1) is 10.5 Å². The number of sulfonamides is 1. The van der Waals surface area contributed by atoms with E-state index < -0.39 is 15.6 Å². The van der Waals surface area contributed by atoms with Gasteiger partial charge in [-0.3, -0.25) is 9.59 Å². The predicted octanol–water partition coefficient (Wildman–Crippen LogP) is 0.508. The number of benzene rings is 1. The van der Waals surface area contributed by atoms with Gasteiger partial charge < -0.3 is 15.6 Å². The van der Waals surface area contributed by atoms with Crippen molar-refractivity contribution in [1.82, 2.24) is 19.9 Å². The smallest absolute Gasteiger partial charge is 0.252 e. The van der Waals surface area contributed by atoms with Crippen LogP contribution in [-0.2, 0) is 10.0 Å². The van der Waals surface area contributed by atoms with Crippen LogP contribution in [0.1, 0.15) is 24.2 Å². The van der Waals surface area contributed by atoms with Crippen molar-refractivity contribution in [2.75, 3.05) is 32.7 Å². The summed E-state index contributed by atoms with van der Waals surface area (Å²) in [5, 5.41) is 6.37. The van der Waals surface area contributed by atoms with E-state index >= 15 is 0 Å². The van der Waals surface area contributed by atoms with Gasteiger partial charge in [0.2, 0.25) is 15.6 Å². The van der Waals surface area contributed by atoms with Crippen molar-refractivity contribution >= 4 is 26.8 Å². The molecule has 1 aliphatic heterocycles. The summed E-state index contributed by atoms with van der Waals surface area (Å²) in [5.74, 6) is -0.00352. The molecule has 0 spiro atoms. The Labute approximate surface area is 158 Å². The number of pyridine rings is 1. The van der Waals surface area contributed by atoms with Gasteiger partial charge in [0.1, 0.15) is 0 Å². The molecule has 2 aromatic rings. The van der Waals surface area contributed by atoms with Crippen LogP contribution in [0.25, 0.3) is 10.9 Å². The van der Waals surface area contributed by atoms with E-state index in [1.165, 1.54) is 28.6 Å². The molecule has 0 unspecified atom stereocenters. The first kappa shape index (κ1) is 19.5. The Balaban J connectivity index is 2.02. The van der Waals surface area contributed by atoms with Gasteiger partial charge in [-0.05, 0) is 18.2 Å². The van der Waals surface area contributed by atoms with Gasteiger partial charge in [-0.2, -0.15) is 4.31 Å². The number of H-pyrrole nitrogens is 1. The number of hydrogen-bond donors (Lipinski definition) is 3. The Bertz CT molecular complexity index is 1010. The summed E-state index contributed by atoms with van der Waals surface area (Å²) in [6, 6.07) is 5.65. The molecule has 2 heterocycles. The third-order valence-corrected chi connectivity index (χ3v) is 6.87. The van der Waals surface area contributed by atoms with E-state index in [1.807, 2.05) is 0 Å². The van der Waals surface area contributed by atoms with E-state index in [2.05, 4.69) is 15.6 Å². The van der Waals surface area contributed by atoms with E-state index in [0.29, 0.717) is 36.5 Å². The van der Waals surface area contributed by atoms with Crippen LogP contribution in [0.2, 0.25) is 0 Å². The second-order valence-corrected chi connectivity index (χ2v) is 8.52. The molecule has 3 N–H and O–H groups in total. The number of hydrogen-bond acceptors (Lipinski definition) is 5. The lowest BCUT2D eigenvalue weighted by Gasteiger charge is -2.27. The zero-order chi connectivity index (χ0) is 19.6. The number of carbonyl (C=O) groups excluding carboxylic acids is 1. The molecule has 9 heteroatoms. The lowest BCUT2D eigenvalue weighted by molar-refractivity contribution is 0.0943. The minimum absolute atomic E-state index is 0.1000. The van der Waals surface area contributed by atoms with Crippen molar-refractivity contribution in [1.29, 1.82) is 0 Å². The van der Waals surface area contributed by atoms with Crippen LogP contribution in [0, 0.1) is 5.92 Å². The molecule has 3 rings (SSSR count). The zero-order valence-corrected chi connectivity index (χ0v) is 16.2. The van der Waals surface area contributed by atoms with Crippen molar-refractivity contribution < 1.29 is 13.2 Å². The maximum atomic E-state index is 12.8. The van der Waals surface area contributed by atoms with Crippen molar-refractivity contribution in [2.45, 2.75) is 18.7 Å². The fourth-order valence-corrected chi connectivity index (χ4v) is 4.60. The molecular formula is C18H24N4O4S. The van der Waals surface area contributed by atoms with Crippen LogP contribution in [0.4, 0.5) is 0 Å². The summed E-state index contributed by atoms with van der Waals surface area (Å²) in [5.41, 5.74) is 0.200. The fourth-order valence-electron chi connectivity index (χ4n) is 3.12. The number of nitrogens with one attached hydrogen (secondary N) is 3. The van der Waals surface area contributed by atoms with Crippen LogP contribution in [0.5, 0.6) is 0 Å². The molecule has 1 aliphatic rings. The SMILES string of the molecule is CCN(CC)S(=O)(=O)c1ccc2[nH]c(=O)cc(C(=O)NCC3CNC3)c2c1. The number of carbonyl (C=O) groups is 1. The molecule has 146 valence electrons. The third kappa shape index (κ3) is 3.90. The van der Waals surface area contributed by atoms with Crippen LogP contribution in [0.15, 0.2) is 34.0 Å². The molecule has 1 aromatic heterocycles. The van der Waals surface area contributed by atoms with Crippen LogP contribution in [0.3, 0.4) is 0 Å². The Kier molecular flexibility index (Phi) is 5.64. The fraction of sp³-hybridized carbons (Fsp3) is 0.444. The summed E-state index contributed by atoms with van der Waals surface area (Å²) in [7, 11) is -3.66. The van der Waals surface area contributed by atoms with Gasteiger partial charge in [0.25, 0.3) is 5.91 Å². The molecular weight excluding hydrogens is 368 g/mol. The molecule has 0 aliphatic carbocycles. The van der Waals surface area contributed by atoms with Crippen LogP contribution >= 0.6 is 0 Å². The lowest BCUT2D eigenvalue weighted by Crippen LogP contribution is -2.48. The molecule has 27 heavy (non-hydrogen) atoms. The summed E-state index contributed by atoms with van der Waals surface area (Å²) in [6.45, 7) is 6.46. The first-order valence-electron chi connectivity index (χ1n) is 9.03. The number of amides is 1. The van der Waals surface area contributed by atoms with Gasteiger partial charge >= 0.3 is 0 Å². The standard InChI is InChI=1S/C18H24N4O4S/c1-3-22(4-2)27(25,26)13-5-6-16-14(7-13)15(8-17(23)21-16)18(24)20-11-12-9-19-10-12/h5-8,12,19H,3-4,9-11H2,1-2H3,(H,20,24)(H,21,23). The minimum atomic E-state index is -3.66. The summed E-state index contributed by atoms with van der Waals surface area (Å²) in [4.78, 5) is 27.3. The topological polar surface area (TPSA) is 111 Å². The van der Waals surface area contributed by atoms with Crippen LogP contribution < -0.4 is 16.2 Å². The zero-order valence-electron chi connectivity index (χ0n) is 15.4. The highest BCUT2D eigenvalue weighted by Gasteiger charge is 2.23. The van der Waals surface area contributed by atoms with Crippen molar-refractivity contribution in [3.8, 4) is 0 Å². The Hall–Kier alpha value is -2.23. The summed E-state index contributed by atoms with van der Waals surface area (Å²) in [6.07, 6.45) is 0.